The number of phenolic OH excluding ortho intramolecular Hbond substituents is 1. The molecular formula is C17H12F3N3OS. The smallest absolute Gasteiger partial charge is 0.416 e. The molecule has 0 unspecified atom stereocenters. The first-order valence-electron chi connectivity index (χ1n) is 7.12. The Morgan fingerprint density at radius 3 is 2.60 bits per heavy atom. The number of fused-ring (bicyclic) bond motifs is 1. The number of nitrogens with zero attached hydrogens (tertiary/aromatic N) is 1. The number of nitrogens with two attached hydrogens (primary N) is 1. The van der Waals surface area contributed by atoms with Gasteiger partial charge in [-0.15, -0.1) is 0 Å². The second-order valence-corrected chi connectivity index (χ2v) is 6.19. The van der Waals surface area contributed by atoms with Crippen LogP contribution in [0.3, 0.4) is 0 Å². The summed E-state index contributed by atoms with van der Waals surface area (Å²) < 4.78 is 38.2. The number of hydrogen-bond acceptors (Lipinski definition) is 5. The van der Waals surface area contributed by atoms with E-state index in [1.807, 2.05) is 0 Å². The Balaban J connectivity index is 1.67. The third kappa shape index (κ3) is 3.95. The van der Waals surface area contributed by atoms with E-state index >= 15 is 0 Å². The Morgan fingerprint density at radius 1 is 1.20 bits per heavy atom. The van der Waals surface area contributed by atoms with Crippen molar-refractivity contribution in [3.63, 3.8) is 0 Å². The molecule has 0 aliphatic carbocycles. The summed E-state index contributed by atoms with van der Waals surface area (Å²) in [4.78, 5) is 4.02. The van der Waals surface area contributed by atoms with Gasteiger partial charge in [0, 0.05) is 11.3 Å². The van der Waals surface area contributed by atoms with Crippen LogP contribution in [0.5, 0.6) is 5.75 Å². The Hall–Kier alpha value is -2.92. The second kappa shape index (κ2) is 6.53. The SMILES string of the molecule is Nc1nc2c(O)cc(C#CCNc3ccc(C(F)(F)F)cc3)cc2s1. The number of nitrogen functional groups attached to an aromatic ring is 1. The molecule has 2 aromatic carbocycles. The predicted octanol–water partition coefficient (Wildman–Crippen LogP) is 4.07. The van der Waals surface area contributed by atoms with Gasteiger partial charge in [0.2, 0.25) is 0 Å². The Bertz CT molecular complexity index is 969. The quantitative estimate of drug-likeness (QED) is 0.601. The standard InChI is InChI=1S/C17H12F3N3OS/c18-17(19,20)11-3-5-12(6-4-11)22-7-1-2-10-8-13(24)15-14(9-10)25-16(21)23-15/h3-6,8-9,22,24H,7H2,(H2,21,23). The van der Waals surface area contributed by atoms with Gasteiger partial charge in [0.25, 0.3) is 0 Å². The number of thiazole rings is 1. The zero-order valence-electron chi connectivity index (χ0n) is 12.7. The van der Waals surface area contributed by atoms with Crippen LogP contribution in [0.4, 0.5) is 24.0 Å². The molecule has 4 nitrogen and oxygen atoms in total. The zero-order valence-corrected chi connectivity index (χ0v) is 13.5. The van der Waals surface area contributed by atoms with E-state index in [0.29, 0.717) is 21.9 Å². The van der Waals surface area contributed by atoms with E-state index in [1.165, 1.54) is 29.5 Å². The molecule has 0 bridgehead atoms. The number of anilines is 2. The third-order valence-electron chi connectivity index (χ3n) is 3.32. The van der Waals surface area contributed by atoms with Gasteiger partial charge >= 0.3 is 6.18 Å². The van der Waals surface area contributed by atoms with Crippen molar-refractivity contribution in [3.05, 3.63) is 47.5 Å². The summed E-state index contributed by atoms with van der Waals surface area (Å²) in [5.41, 5.74) is 6.49. The summed E-state index contributed by atoms with van der Waals surface area (Å²) in [7, 11) is 0. The maximum atomic E-state index is 12.5. The Morgan fingerprint density at radius 2 is 1.92 bits per heavy atom. The highest BCUT2D eigenvalue weighted by molar-refractivity contribution is 7.22. The van der Waals surface area contributed by atoms with E-state index in [-0.39, 0.29) is 12.3 Å². The lowest BCUT2D eigenvalue weighted by Gasteiger charge is -2.07. The number of nitrogens with one attached hydrogen (secondary N) is 1. The van der Waals surface area contributed by atoms with Gasteiger partial charge in [-0.2, -0.15) is 13.2 Å². The van der Waals surface area contributed by atoms with Crippen LogP contribution < -0.4 is 11.1 Å². The summed E-state index contributed by atoms with van der Waals surface area (Å²) in [5, 5.41) is 13.2. The molecule has 25 heavy (non-hydrogen) atoms. The lowest BCUT2D eigenvalue weighted by atomic mass is 10.2. The van der Waals surface area contributed by atoms with Crippen LogP contribution in [-0.2, 0) is 6.18 Å². The molecule has 0 fully saturated rings. The van der Waals surface area contributed by atoms with Crippen molar-refractivity contribution < 1.29 is 18.3 Å². The van der Waals surface area contributed by atoms with Crippen molar-refractivity contribution >= 4 is 32.4 Å². The van der Waals surface area contributed by atoms with Crippen molar-refractivity contribution in [2.24, 2.45) is 0 Å². The summed E-state index contributed by atoms with van der Waals surface area (Å²) in [6.07, 6.45) is -4.35. The van der Waals surface area contributed by atoms with Crippen LogP contribution >= 0.6 is 11.3 Å². The molecule has 0 atom stereocenters. The summed E-state index contributed by atoms with van der Waals surface area (Å²) in [6, 6.07) is 7.98. The predicted molar refractivity (Wildman–Crippen MR) is 92.5 cm³/mol. The zero-order chi connectivity index (χ0) is 18.0. The fraction of sp³-hybridized carbons (Fsp3) is 0.118. The highest BCUT2D eigenvalue weighted by Crippen LogP contribution is 2.31. The van der Waals surface area contributed by atoms with Gasteiger partial charge in [-0.05, 0) is 36.4 Å². The van der Waals surface area contributed by atoms with Crippen LogP contribution in [0.25, 0.3) is 10.2 Å². The molecule has 0 amide bonds. The first-order chi connectivity index (χ1) is 11.8. The molecule has 3 rings (SSSR count). The highest BCUT2D eigenvalue weighted by Gasteiger charge is 2.29. The second-order valence-electron chi connectivity index (χ2n) is 5.12. The summed E-state index contributed by atoms with van der Waals surface area (Å²) >= 11 is 1.25. The van der Waals surface area contributed by atoms with Gasteiger partial charge < -0.3 is 16.2 Å². The molecular weight excluding hydrogens is 351 g/mol. The maximum Gasteiger partial charge on any atom is 0.416 e. The number of aromatic hydroxyl groups is 1. The number of benzene rings is 2. The van der Waals surface area contributed by atoms with E-state index in [0.717, 1.165) is 16.8 Å². The van der Waals surface area contributed by atoms with E-state index in [2.05, 4.69) is 22.1 Å². The lowest BCUT2D eigenvalue weighted by molar-refractivity contribution is -0.137. The molecule has 4 N–H and O–H groups in total. The molecule has 0 saturated heterocycles. The van der Waals surface area contributed by atoms with Gasteiger partial charge in [-0.3, -0.25) is 0 Å². The topological polar surface area (TPSA) is 71.2 Å². The molecule has 0 aliphatic rings. The number of phenols is 1. The molecule has 8 heteroatoms. The normalized spacial score (nSPS) is 11.2. The van der Waals surface area contributed by atoms with Crippen LogP contribution in [0.15, 0.2) is 36.4 Å². The van der Waals surface area contributed by atoms with Gasteiger partial charge in [0.15, 0.2) is 5.13 Å². The number of rotatable bonds is 2. The Kier molecular flexibility index (Phi) is 4.42. The van der Waals surface area contributed by atoms with E-state index < -0.39 is 11.7 Å². The maximum absolute atomic E-state index is 12.5. The van der Waals surface area contributed by atoms with E-state index in [1.54, 1.807) is 6.07 Å². The molecule has 1 aromatic heterocycles. The first kappa shape index (κ1) is 16.9. The number of hydrogen-bond donors (Lipinski definition) is 3. The molecule has 0 spiro atoms. The third-order valence-corrected chi connectivity index (χ3v) is 4.15. The van der Waals surface area contributed by atoms with Gasteiger partial charge in [-0.1, -0.05) is 23.2 Å². The number of halogens is 3. The molecule has 1 heterocycles. The van der Waals surface area contributed by atoms with Crippen LogP contribution in [0, 0.1) is 11.8 Å². The molecule has 0 radical (unpaired) electrons. The van der Waals surface area contributed by atoms with Crippen molar-refractivity contribution in [3.8, 4) is 17.6 Å². The van der Waals surface area contributed by atoms with E-state index in [9.17, 15) is 18.3 Å². The Labute approximate surface area is 145 Å². The van der Waals surface area contributed by atoms with Crippen LogP contribution in [0.1, 0.15) is 11.1 Å². The minimum absolute atomic E-state index is 0.00505. The largest absolute Gasteiger partial charge is 0.506 e. The fourth-order valence-electron chi connectivity index (χ4n) is 2.17. The van der Waals surface area contributed by atoms with Crippen molar-refractivity contribution in [2.75, 3.05) is 17.6 Å². The van der Waals surface area contributed by atoms with Crippen molar-refractivity contribution in [1.29, 1.82) is 0 Å². The summed E-state index contributed by atoms with van der Waals surface area (Å²) in [5.74, 6) is 5.74. The highest BCUT2D eigenvalue weighted by atomic mass is 32.1. The monoisotopic (exact) mass is 363 g/mol. The van der Waals surface area contributed by atoms with Gasteiger partial charge in [0.05, 0.1) is 16.8 Å². The van der Waals surface area contributed by atoms with Gasteiger partial charge in [-0.25, -0.2) is 4.98 Å². The number of alkyl halides is 3. The molecule has 3 aromatic rings. The van der Waals surface area contributed by atoms with Gasteiger partial charge in [0.1, 0.15) is 11.3 Å². The summed E-state index contributed by atoms with van der Waals surface area (Å²) in [6.45, 7) is 0.245. The fourth-order valence-corrected chi connectivity index (χ4v) is 2.97. The molecule has 0 saturated carbocycles. The van der Waals surface area contributed by atoms with Crippen molar-refractivity contribution in [2.45, 2.75) is 6.18 Å². The molecule has 128 valence electrons. The minimum atomic E-state index is -4.35. The average Bonchev–Trinajstić information content (AvgIpc) is 2.92. The van der Waals surface area contributed by atoms with Crippen LogP contribution in [-0.4, -0.2) is 16.6 Å². The van der Waals surface area contributed by atoms with Crippen LogP contribution in [0.2, 0.25) is 0 Å². The lowest BCUT2D eigenvalue weighted by Crippen LogP contribution is -2.05. The minimum Gasteiger partial charge on any atom is -0.506 e. The van der Waals surface area contributed by atoms with E-state index in [4.69, 9.17) is 5.73 Å². The van der Waals surface area contributed by atoms with Crippen molar-refractivity contribution in [1.82, 2.24) is 4.98 Å². The first-order valence-corrected chi connectivity index (χ1v) is 7.93. The molecule has 0 aliphatic heterocycles. The average molecular weight is 363 g/mol. The number of aromatic nitrogens is 1.